The number of aromatic amines is 1. The molecule has 4 nitrogen and oxygen atoms in total. The Hall–Kier alpha value is -1.06. The molecule has 9 heavy (non-hydrogen) atoms. The smallest absolute Gasteiger partial charge is 0.168 e. The summed E-state index contributed by atoms with van der Waals surface area (Å²) in [5.41, 5.74) is 0. The van der Waals surface area contributed by atoms with Gasteiger partial charge >= 0.3 is 0 Å². The summed E-state index contributed by atoms with van der Waals surface area (Å²) < 4.78 is 0. The maximum atomic E-state index is 3.81. The number of H-pyrrole nitrogens is 1. The molecule has 0 aliphatic heterocycles. The molecule has 0 saturated heterocycles. The molecule has 0 aromatic carbocycles. The molecule has 0 bridgehead atoms. The van der Waals surface area contributed by atoms with E-state index in [4.69, 9.17) is 0 Å². The maximum Gasteiger partial charge on any atom is 0.168 e. The molecular formula is C5H10N4. The van der Waals surface area contributed by atoms with Crippen LogP contribution in [0.25, 0.3) is 0 Å². The van der Waals surface area contributed by atoms with E-state index in [-0.39, 0.29) is 0 Å². The molecule has 0 amide bonds. The molecule has 2 N–H and O–H groups in total. The fourth-order valence-electron chi connectivity index (χ4n) is 0.567. The Labute approximate surface area is 53.7 Å². The van der Waals surface area contributed by atoms with E-state index in [1.54, 1.807) is 6.20 Å². The van der Waals surface area contributed by atoms with Crippen molar-refractivity contribution in [2.24, 2.45) is 0 Å². The van der Waals surface area contributed by atoms with E-state index in [0.29, 0.717) is 6.04 Å². The normalized spacial score (nSPS) is 10.1. The summed E-state index contributed by atoms with van der Waals surface area (Å²) in [6, 6.07) is 0.412. The Bertz CT molecular complexity index is 155. The van der Waals surface area contributed by atoms with Gasteiger partial charge in [-0.05, 0) is 13.8 Å². The zero-order valence-electron chi connectivity index (χ0n) is 5.55. The van der Waals surface area contributed by atoms with Gasteiger partial charge in [0.2, 0.25) is 0 Å². The molecule has 0 aliphatic carbocycles. The second kappa shape index (κ2) is 2.48. The zero-order chi connectivity index (χ0) is 6.69. The predicted octanol–water partition coefficient (Wildman–Crippen LogP) is 0.625. The van der Waals surface area contributed by atoms with E-state index in [2.05, 4.69) is 34.6 Å². The van der Waals surface area contributed by atoms with Crippen molar-refractivity contribution in [1.82, 2.24) is 15.4 Å². The first-order chi connectivity index (χ1) is 4.29. The van der Waals surface area contributed by atoms with Crippen molar-refractivity contribution < 1.29 is 0 Å². The summed E-state index contributed by atoms with van der Waals surface area (Å²) >= 11 is 0. The fourth-order valence-corrected chi connectivity index (χ4v) is 0.567. The van der Waals surface area contributed by atoms with Gasteiger partial charge in [-0.15, -0.1) is 5.10 Å². The summed E-state index contributed by atoms with van der Waals surface area (Å²) in [6.45, 7) is 4.10. The van der Waals surface area contributed by atoms with Crippen LogP contribution in [0.5, 0.6) is 0 Å². The van der Waals surface area contributed by atoms with Crippen molar-refractivity contribution in [3.63, 3.8) is 0 Å². The Kier molecular flexibility index (Phi) is 1.67. The van der Waals surface area contributed by atoms with Crippen molar-refractivity contribution in [2.75, 3.05) is 5.32 Å². The molecule has 0 fully saturated rings. The van der Waals surface area contributed by atoms with E-state index < -0.39 is 0 Å². The monoisotopic (exact) mass is 126 g/mol. The number of nitrogens with one attached hydrogen (secondary N) is 2. The van der Waals surface area contributed by atoms with Gasteiger partial charge in [0, 0.05) is 6.04 Å². The van der Waals surface area contributed by atoms with Crippen LogP contribution in [0.15, 0.2) is 6.20 Å². The molecule has 1 heterocycles. The molecule has 50 valence electrons. The van der Waals surface area contributed by atoms with Gasteiger partial charge in [-0.25, -0.2) is 0 Å². The van der Waals surface area contributed by atoms with Crippen LogP contribution in [0.2, 0.25) is 0 Å². The van der Waals surface area contributed by atoms with Crippen LogP contribution in [0, 0.1) is 0 Å². The highest BCUT2D eigenvalue weighted by Crippen LogP contribution is 1.97. The summed E-state index contributed by atoms with van der Waals surface area (Å²) in [4.78, 5) is 0. The molecule has 0 aliphatic rings. The van der Waals surface area contributed by atoms with Crippen molar-refractivity contribution in [1.29, 1.82) is 0 Å². The van der Waals surface area contributed by atoms with Gasteiger partial charge in [0.15, 0.2) is 5.82 Å². The molecule has 1 rings (SSSR count). The van der Waals surface area contributed by atoms with E-state index in [9.17, 15) is 0 Å². The number of anilines is 1. The molecule has 4 heteroatoms. The second-order valence-corrected chi connectivity index (χ2v) is 2.15. The van der Waals surface area contributed by atoms with Gasteiger partial charge in [0.05, 0.1) is 6.20 Å². The number of aromatic nitrogens is 3. The van der Waals surface area contributed by atoms with Crippen molar-refractivity contribution in [2.45, 2.75) is 19.9 Å². The highest BCUT2D eigenvalue weighted by atomic mass is 15.4. The van der Waals surface area contributed by atoms with Gasteiger partial charge in [0.25, 0.3) is 0 Å². The van der Waals surface area contributed by atoms with E-state index in [1.165, 1.54) is 0 Å². The maximum absolute atomic E-state index is 3.81. The van der Waals surface area contributed by atoms with Crippen LogP contribution < -0.4 is 5.32 Å². The highest BCUT2D eigenvalue weighted by Gasteiger charge is 1.94. The minimum atomic E-state index is 0.412. The van der Waals surface area contributed by atoms with Crippen LogP contribution in [0.1, 0.15) is 13.8 Å². The minimum Gasteiger partial charge on any atom is -0.365 e. The molecule has 1 aromatic heterocycles. The van der Waals surface area contributed by atoms with E-state index >= 15 is 0 Å². The minimum absolute atomic E-state index is 0.412. The summed E-state index contributed by atoms with van der Waals surface area (Å²) in [5, 5.41) is 13.0. The largest absolute Gasteiger partial charge is 0.365 e. The lowest BCUT2D eigenvalue weighted by molar-refractivity contribution is 0.877. The SMILES string of the molecule is CC(C)Nc1cn[nH]n1. The lowest BCUT2D eigenvalue weighted by Gasteiger charge is -2.03. The number of nitrogens with zero attached hydrogens (tertiary/aromatic N) is 2. The second-order valence-electron chi connectivity index (χ2n) is 2.15. The fraction of sp³-hybridized carbons (Fsp3) is 0.600. The average molecular weight is 126 g/mol. The molecule has 0 atom stereocenters. The number of hydrogen-bond acceptors (Lipinski definition) is 3. The summed E-state index contributed by atoms with van der Waals surface area (Å²) in [5.74, 6) is 0.796. The number of hydrogen-bond donors (Lipinski definition) is 2. The van der Waals surface area contributed by atoms with Gasteiger partial charge in [-0.1, -0.05) is 0 Å². The Morgan fingerprint density at radius 3 is 2.89 bits per heavy atom. The standard InChI is InChI=1S/C5H10N4/c1-4(2)7-5-3-6-9-8-5/h3-4H,1-2H3,(H2,6,7,8,9). The first-order valence-corrected chi connectivity index (χ1v) is 2.91. The highest BCUT2D eigenvalue weighted by molar-refractivity contribution is 5.29. The summed E-state index contributed by atoms with van der Waals surface area (Å²) in [6.07, 6.45) is 1.65. The lowest BCUT2D eigenvalue weighted by Crippen LogP contribution is -2.09. The molecule has 0 radical (unpaired) electrons. The van der Waals surface area contributed by atoms with Crippen LogP contribution in [-0.2, 0) is 0 Å². The first kappa shape index (κ1) is 6.07. The van der Waals surface area contributed by atoms with Crippen LogP contribution in [0.4, 0.5) is 5.82 Å². The van der Waals surface area contributed by atoms with Crippen LogP contribution in [0.3, 0.4) is 0 Å². The third-order valence-corrected chi connectivity index (χ3v) is 0.852. The van der Waals surface area contributed by atoms with E-state index in [0.717, 1.165) is 5.82 Å². The first-order valence-electron chi connectivity index (χ1n) is 2.91. The summed E-state index contributed by atoms with van der Waals surface area (Å²) in [7, 11) is 0. The average Bonchev–Trinajstić information content (AvgIpc) is 2.15. The zero-order valence-corrected chi connectivity index (χ0v) is 5.55. The van der Waals surface area contributed by atoms with Gasteiger partial charge in [-0.2, -0.15) is 10.3 Å². The van der Waals surface area contributed by atoms with Crippen LogP contribution in [-0.4, -0.2) is 21.5 Å². The Morgan fingerprint density at radius 2 is 2.44 bits per heavy atom. The van der Waals surface area contributed by atoms with Crippen molar-refractivity contribution in [3.8, 4) is 0 Å². The Balaban J connectivity index is 2.48. The predicted molar refractivity (Wildman–Crippen MR) is 35.1 cm³/mol. The van der Waals surface area contributed by atoms with Gasteiger partial charge in [-0.3, -0.25) is 0 Å². The quantitative estimate of drug-likeness (QED) is 0.611. The molecule has 0 saturated carbocycles. The van der Waals surface area contributed by atoms with Gasteiger partial charge in [0.1, 0.15) is 0 Å². The molecule has 0 spiro atoms. The molecular weight excluding hydrogens is 116 g/mol. The molecule has 0 unspecified atom stereocenters. The van der Waals surface area contributed by atoms with Crippen LogP contribution >= 0.6 is 0 Å². The third kappa shape index (κ3) is 1.71. The Morgan fingerprint density at radius 1 is 1.67 bits per heavy atom. The van der Waals surface area contributed by atoms with Gasteiger partial charge < -0.3 is 5.32 Å². The van der Waals surface area contributed by atoms with Crippen molar-refractivity contribution >= 4 is 5.82 Å². The van der Waals surface area contributed by atoms with E-state index in [1.807, 2.05) is 0 Å². The lowest BCUT2D eigenvalue weighted by atomic mass is 10.4. The number of rotatable bonds is 2. The topological polar surface area (TPSA) is 53.6 Å². The third-order valence-electron chi connectivity index (χ3n) is 0.852. The molecule has 1 aromatic rings. The van der Waals surface area contributed by atoms with Crippen molar-refractivity contribution in [3.05, 3.63) is 6.20 Å².